The zero-order valence-corrected chi connectivity index (χ0v) is 11.9. The summed E-state index contributed by atoms with van der Waals surface area (Å²) in [6.07, 6.45) is 0. The van der Waals surface area contributed by atoms with E-state index in [4.69, 9.17) is 5.73 Å². The van der Waals surface area contributed by atoms with Crippen LogP contribution in [0.3, 0.4) is 0 Å². The van der Waals surface area contributed by atoms with E-state index in [1.807, 2.05) is 0 Å². The molecule has 0 heterocycles. The molecule has 0 saturated carbocycles. The van der Waals surface area contributed by atoms with Gasteiger partial charge in [-0.05, 0) is 44.1 Å². The van der Waals surface area contributed by atoms with Gasteiger partial charge in [0.05, 0.1) is 0 Å². The van der Waals surface area contributed by atoms with Gasteiger partial charge >= 0.3 is 0 Å². The molecule has 0 amide bonds. The smallest absolute Gasteiger partial charge is 0.0233 e. The van der Waals surface area contributed by atoms with Crippen LogP contribution in [-0.2, 0) is 6.54 Å². The van der Waals surface area contributed by atoms with Gasteiger partial charge in [-0.2, -0.15) is 0 Å². The van der Waals surface area contributed by atoms with E-state index < -0.39 is 0 Å². The number of nitrogens with zero attached hydrogens (tertiary/aromatic N) is 1. The molecule has 0 aliphatic carbocycles. The summed E-state index contributed by atoms with van der Waals surface area (Å²) in [4.78, 5) is 2.35. The van der Waals surface area contributed by atoms with Crippen molar-refractivity contribution in [2.75, 3.05) is 13.6 Å². The van der Waals surface area contributed by atoms with Gasteiger partial charge in [-0.1, -0.05) is 35.0 Å². The van der Waals surface area contributed by atoms with Crippen molar-refractivity contribution in [3.05, 3.63) is 34.3 Å². The van der Waals surface area contributed by atoms with Crippen LogP contribution in [0.15, 0.2) is 28.7 Å². The van der Waals surface area contributed by atoms with E-state index in [9.17, 15) is 0 Å². The second-order valence-corrected chi connectivity index (χ2v) is 5.41. The molecule has 2 N–H and O–H groups in total. The number of rotatable bonds is 5. The average molecular weight is 285 g/mol. The van der Waals surface area contributed by atoms with Gasteiger partial charge in [-0.3, -0.25) is 4.90 Å². The van der Waals surface area contributed by atoms with Gasteiger partial charge in [0.1, 0.15) is 0 Å². The zero-order chi connectivity index (χ0) is 12.1. The van der Waals surface area contributed by atoms with E-state index in [0.29, 0.717) is 12.0 Å². The van der Waals surface area contributed by atoms with Crippen LogP contribution < -0.4 is 5.73 Å². The van der Waals surface area contributed by atoms with E-state index in [0.717, 1.165) is 17.6 Å². The Morgan fingerprint density at radius 2 is 1.81 bits per heavy atom. The third-order valence-electron chi connectivity index (χ3n) is 3.24. The predicted octanol–water partition coefficient (Wildman–Crippen LogP) is 2.86. The maximum Gasteiger partial charge on any atom is 0.0233 e. The maximum absolute atomic E-state index is 5.69. The maximum atomic E-state index is 5.69. The van der Waals surface area contributed by atoms with E-state index >= 15 is 0 Å². The standard InChI is InChI=1S/C13H21BrN2/c1-10(8-15)11(2)16(3)9-12-4-6-13(14)7-5-12/h4-7,10-11H,8-9,15H2,1-3H3. The first-order valence-electron chi connectivity index (χ1n) is 5.69. The van der Waals surface area contributed by atoms with E-state index in [1.165, 1.54) is 5.56 Å². The highest BCUT2D eigenvalue weighted by Crippen LogP contribution is 2.15. The Labute approximate surface area is 107 Å². The second kappa shape index (κ2) is 6.38. The molecule has 0 aliphatic rings. The SMILES string of the molecule is CC(CN)C(C)N(C)Cc1ccc(Br)cc1. The molecule has 3 heteroatoms. The number of nitrogens with two attached hydrogens (primary N) is 1. The Morgan fingerprint density at radius 1 is 1.25 bits per heavy atom. The quantitative estimate of drug-likeness (QED) is 0.901. The summed E-state index contributed by atoms with van der Waals surface area (Å²) in [5.41, 5.74) is 7.03. The van der Waals surface area contributed by atoms with Crippen LogP contribution in [0.5, 0.6) is 0 Å². The van der Waals surface area contributed by atoms with Crippen molar-refractivity contribution < 1.29 is 0 Å². The highest BCUT2D eigenvalue weighted by Gasteiger charge is 2.15. The van der Waals surface area contributed by atoms with E-state index in [-0.39, 0.29) is 0 Å². The molecule has 2 atom stereocenters. The molecule has 1 aromatic carbocycles. The molecule has 2 nitrogen and oxygen atoms in total. The summed E-state index contributed by atoms with van der Waals surface area (Å²) >= 11 is 3.44. The van der Waals surface area contributed by atoms with Crippen LogP contribution >= 0.6 is 15.9 Å². The Balaban J connectivity index is 2.56. The molecule has 2 unspecified atom stereocenters. The van der Waals surface area contributed by atoms with Gasteiger partial charge < -0.3 is 5.73 Å². The molecule has 0 bridgehead atoms. The van der Waals surface area contributed by atoms with Crippen LogP contribution in [0.1, 0.15) is 19.4 Å². The van der Waals surface area contributed by atoms with Crippen LogP contribution in [-0.4, -0.2) is 24.5 Å². The lowest BCUT2D eigenvalue weighted by Gasteiger charge is -2.29. The Kier molecular flexibility index (Phi) is 5.46. The minimum atomic E-state index is 0.508. The monoisotopic (exact) mass is 284 g/mol. The summed E-state index contributed by atoms with van der Waals surface area (Å²) in [6.45, 7) is 6.14. The van der Waals surface area contributed by atoms with Crippen molar-refractivity contribution in [3.63, 3.8) is 0 Å². The van der Waals surface area contributed by atoms with Crippen molar-refractivity contribution in [3.8, 4) is 0 Å². The van der Waals surface area contributed by atoms with Crippen molar-refractivity contribution in [1.82, 2.24) is 4.90 Å². The van der Waals surface area contributed by atoms with Gasteiger partial charge in [-0.25, -0.2) is 0 Å². The topological polar surface area (TPSA) is 29.3 Å². The first-order chi connectivity index (χ1) is 7.54. The second-order valence-electron chi connectivity index (χ2n) is 4.50. The first kappa shape index (κ1) is 13.7. The van der Waals surface area contributed by atoms with E-state index in [2.05, 4.69) is 66.0 Å². The van der Waals surface area contributed by atoms with Crippen LogP contribution in [0.25, 0.3) is 0 Å². The molecule has 0 spiro atoms. The number of hydrogen-bond acceptors (Lipinski definition) is 2. The highest BCUT2D eigenvalue weighted by molar-refractivity contribution is 9.10. The average Bonchev–Trinajstić information content (AvgIpc) is 2.30. The van der Waals surface area contributed by atoms with Gasteiger partial charge in [-0.15, -0.1) is 0 Å². The molecule has 16 heavy (non-hydrogen) atoms. The van der Waals surface area contributed by atoms with Gasteiger partial charge in [0, 0.05) is 17.1 Å². The first-order valence-corrected chi connectivity index (χ1v) is 6.48. The number of benzene rings is 1. The highest BCUT2D eigenvalue weighted by atomic mass is 79.9. The van der Waals surface area contributed by atoms with Crippen LogP contribution in [0, 0.1) is 5.92 Å². The minimum absolute atomic E-state index is 0.508. The third kappa shape index (κ3) is 3.89. The fourth-order valence-corrected chi connectivity index (χ4v) is 1.92. The molecule has 0 saturated heterocycles. The minimum Gasteiger partial charge on any atom is -0.330 e. The molecule has 0 fully saturated rings. The molecule has 1 rings (SSSR count). The molecular formula is C13H21BrN2. The molecule has 1 aromatic rings. The number of halogens is 1. The van der Waals surface area contributed by atoms with E-state index in [1.54, 1.807) is 0 Å². The number of hydrogen-bond donors (Lipinski definition) is 1. The molecule has 0 radical (unpaired) electrons. The Bertz CT molecular complexity index is 310. The largest absolute Gasteiger partial charge is 0.330 e. The van der Waals surface area contributed by atoms with Crippen molar-refractivity contribution >= 4 is 15.9 Å². The zero-order valence-electron chi connectivity index (χ0n) is 10.3. The summed E-state index contributed by atoms with van der Waals surface area (Å²) < 4.78 is 1.13. The van der Waals surface area contributed by atoms with Gasteiger partial charge in [0.25, 0.3) is 0 Å². The van der Waals surface area contributed by atoms with Crippen LogP contribution in [0.4, 0.5) is 0 Å². The molecule has 0 aliphatic heterocycles. The predicted molar refractivity (Wildman–Crippen MR) is 73.3 cm³/mol. The summed E-state index contributed by atoms with van der Waals surface area (Å²) in [6, 6.07) is 8.98. The lowest BCUT2D eigenvalue weighted by Crippen LogP contribution is -2.37. The lowest BCUT2D eigenvalue weighted by molar-refractivity contribution is 0.194. The van der Waals surface area contributed by atoms with Gasteiger partial charge in [0.2, 0.25) is 0 Å². The van der Waals surface area contributed by atoms with Crippen molar-refractivity contribution in [2.45, 2.75) is 26.4 Å². The van der Waals surface area contributed by atoms with Gasteiger partial charge in [0.15, 0.2) is 0 Å². The Hall–Kier alpha value is -0.380. The molecule has 0 aromatic heterocycles. The summed E-state index contributed by atoms with van der Waals surface area (Å²) in [5, 5.41) is 0. The molecular weight excluding hydrogens is 264 g/mol. The Morgan fingerprint density at radius 3 is 2.31 bits per heavy atom. The third-order valence-corrected chi connectivity index (χ3v) is 3.76. The van der Waals surface area contributed by atoms with Crippen molar-refractivity contribution in [2.24, 2.45) is 11.7 Å². The van der Waals surface area contributed by atoms with Crippen LogP contribution in [0.2, 0.25) is 0 Å². The fraction of sp³-hybridized carbons (Fsp3) is 0.538. The normalized spacial score (nSPS) is 15.1. The van der Waals surface area contributed by atoms with Crippen molar-refractivity contribution in [1.29, 1.82) is 0 Å². The molecule has 90 valence electrons. The fourth-order valence-electron chi connectivity index (χ4n) is 1.65. The summed E-state index contributed by atoms with van der Waals surface area (Å²) in [7, 11) is 2.15. The lowest BCUT2D eigenvalue weighted by atomic mass is 10.0. The summed E-state index contributed by atoms with van der Waals surface area (Å²) in [5.74, 6) is 0.528.